The maximum Gasteiger partial charge on any atom is 0.141 e. The Bertz CT molecular complexity index is 361. The number of hydrogen-bond donors (Lipinski definition) is 1. The third-order valence-electron chi connectivity index (χ3n) is 2.55. The average Bonchev–Trinajstić information content (AvgIpc) is 2.61. The maximum atomic E-state index is 13.7. The lowest BCUT2D eigenvalue weighted by Crippen LogP contribution is -2.18. The second kappa shape index (κ2) is 2.76. The quantitative estimate of drug-likeness (QED) is 0.822. The van der Waals surface area contributed by atoms with Crippen LogP contribution in [0.15, 0.2) is 0 Å². The second-order valence-electron chi connectivity index (χ2n) is 4.56. The third-order valence-corrected chi connectivity index (χ3v) is 4.23. The molecule has 2 rings (SSSR count). The predicted molar refractivity (Wildman–Crippen MR) is 56.1 cm³/mol. The summed E-state index contributed by atoms with van der Waals surface area (Å²) in [7, 11) is 0. The van der Waals surface area contributed by atoms with Crippen LogP contribution < -0.4 is 5.73 Å². The SMILES string of the molecule is Cc1nc(C2(N)CC2)sc1C(C)(C)F. The first kappa shape index (κ1) is 10.1. The molecule has 0 saturated heterocycles. The first-order valence-electron chi connectivity index (χ1n) is 4.79. The van der Waals surface area contributed by atoms with Gasteiger partial charge in [0, 0.05) is 0 Å². The zero-order valence-corrected chi connectivity index (χ0v) is 9.54. The molecule has 4 heteroatoms. The summed E-state index contributed by atoms with van der Waals surface area (Å²) >= 11 is 1.42. The van der Waals surface area contributed by atoms with E-state index in [9.17, 15) is 4.39 Å². The van der Waals surface area contributed by atoms with Crippen molar-refractivity contribution < 1.29 is 4.39 Å². The van der Waals surface area contributed by atoms with Crippen LogP contribution in [0.3, 0.4) is 0 Å². The van der Waals surface area contributed by atoms with Crippen LogP contribution in [-0.4, -0.2) is 4.98 Å². The normalized spacial score (nSPS) is 19.8. The molecule has 0 aliphatic heterocycles. The molecule has 0 amide bonds. The van der Waals surface area contributed by atoms with Crippen LogP contribution in [0.2, 0.25) is 0 Å². The van der Waals surface area contributed by atoms with Gasteiger partial charge in [0.25, 0.3) is 0 Å². The molecule has 78 valence electrons. The lowest BCUT2D eigenvalue weighted by Gasteiger charge is -2.11. The number of rotatable bonds is 2. The molecule has 0 atom stereocenters. The van der Waals surface area contributed by atoms with E-state index in [1.807, 2.05) is 6.92 Å². The van der Waals surface area contributed by atoms with Gasteiger partial charge in [0.05, 0.1) is 16.1 Å². The molecule has 1 aliphatic rings. The van der Waals surface area contributed by atoms with Gasteiger partial charge in [-0.25, -0.2) is 9.37 Å². The molecule has 2 N–H and O–H groups in total. The molecule has 14 heavy (non-hydrogen) atoms. The molecule has 0 aromatic carbocycles. The van der Waals surface area contributed by atoms with Gasteiger partial charge in [-0.05, 0) is 33.6 Å². The summed E-state index contributed by atoms with van der Waals surface area (Å²) in [5, 5.41) is 0.899. The summed E-state index contributed by atoms with van der Waals surface area (Å²) in [6.07, 6.45) is 1.96. The number of aryl methyl sites for hydroxylation is 1. The van der Waals surface area contributed by atoms with Crippen molar-refractivity contribution in [3.05, 3.63) is 15.6 Å². The minimum atomic E-state index is -1.30. The van der Waals surface area contributed by atoms with E-state index in [0.29, 0.717) is 4.88 Å². The second-order valence-corrected chi connectivity index (χ2v) is 5.56. The molecule has 1 aliphatic carbocycles. The van der Waals surface area contributed by atoms with Crippen molar-refractivity contribution in [3.8, 4) is 0 Å². The van der Waals surface area contributed by atoms with Gasteiger partial charge < -0.3 is 5.73 Å². The standard InChI is InChI=1S/C10H15FN2S/c1-6-7(9(2,3)11)14-8(13-6)10(12)4-5-10/h4-5,12H2,1-3H3. The highest BCUT2D eigenvalue weighted by atomic mass is 32.1. The van der Waals surface area contributed by atoms with E-state index in [-0.39, 0.29) is 5.54 Å². The molecule has 1 aromatic heterocycles. The van der Waals surface area contributed by atoms with E-state index in [0.717, 1.165) is 23.5 Å². The number of thiazole rings is 1. The molecule has 1 heterocycles. The Morgan fingerprint density at radius 1 is 1.50 bits per heavy atom. The number of hydrogen-bond acceptors (Lipinski definition) is 3. The first-order chi connectivity index (χ1) is 6.33. The number of aromatic nitrogens is 1. The van der Waals surface area contributed by atoms with E-state index >= 15 is 0 Å². The van der Waals surface area contributed by atoms with Crippen molar-refractivity contribution in [1.29, 1.82) is 0 Å². The molecule has 1 aromatic rings. The van der Waals surface area contributed by atoms with Gasteiger partial charge in [0.1, 0.15) is 10.7 Å². The van der Waals surface area contributed by atoms with Gasteiger partial charge in [-0.15, -0.1) is 11.3 Å². The largest absolute Gasteiger partial charge is 0.319 e. The van der Waals surface area contributed by atoms with Crippen LogP contribution in [0, 0.1) is 6.92 Å². The van der Waals surface area contributed by atoms with Crippen LogP contribution in [0.5, 0.6) is 0 Å². The molecule has 1 fully saturated rings. The van der Waals surface area contributed by atoms with Gasteiger partial charge in [-0.2, -0.15) is 0 Å². The van der Waals surface area contributed by atoms with Crippen LogP contribution in [-0.2, 0) is 11.2 Å². The van der Waals surface area contributed by atoms with Crippen molar-refractivity contribution in [2.24, 2.45) is 5.73 Å². The first-order valence-corrected chi connectivity index (χ1v) is 5.61. The van der Waals surface area contributed by atoms with Crippen molar-refractivity contribution in [2.45, 2.75) is 44.8 Å². The van der Waals surface area contributed by atoms with Crippen LogP contribution in [0.1, 0.15) is 42.3 Å². The summed E-state index contributed by atoms with van der Waals surface area (Å²) in [6, 6.07) is 0. The fraction of sp³-hybridized carbons (Fsp3) is 0.700. The Hall–Kier alpha value is -0.480. The summed E-state index contributed by atoms with van der Waals surface area (Å²) in [6.45, 7) is 4.98. The van der Waals surface area contributed by atoms with Crippen molar-refractivity contribution in [3.63, 3.8) is 0 Å². The third kappa shape index (κ3) is 1.57. The monoisotopic (exact) mass is 214 g/mol. The zero-order chi connectivity index (χ0) is 10.6. The van der Waals surface area contributed by atoms with Crippen LogP contribution in [0.25, 0.3) is 0 Å². The van der Waals surface area contributed by atoms with E-state index < -0.39 is 5.67 Å². The summed E-state index contributed by atoms with van der Waals surface area (Å²) in [5.74, 6) is 0. The van der Waals surface area contributed by atoms with E-state index in [2.05, 4.69) is 4.98 Å². The topological polar surface area (TPSA) is 38.9 Å². The molecule has 0 bridgehead atoms. The number of nitrogens with two attached hydrogens (primary N) is 1. The van der Waals surface area contributed by atoms with Crippen molar-refractivity contribution in [1.82, 2.24) is 4.98 Å². The molecule has 0 radical (unpaired) electrons. The Balaban J connectivity index is 2.40. The van der Waals surface area contributed by atoms with Crippen LogP contribution >= 0.6 is 11.3 Å². The summed E-state index contributed by atoms with van der Waals surface area (Å²) in [5.41, 5.74) is 5.27. The highest BCUT2D eigenvalue weighted by Crippen LogP contribution is 2.46. The summed E-state index contributed by atoms with van der Waals surface area (Å²) in [4.78, 5) is 5.08. The Morgan fingerprint density at radius 3 is 2.43 bits per heavy atom. The minimum Gasteiger partial charge on any atom is -0.319 e. The van der Waals surface area contributed by atoms with Gasteiger partial charge in [0.2, 0.25) is 0 Å². The number of nitrogens with zero attached hydrogens (tertiary/aromatic N) is 1. The molecular weight excluding hydrogens is 199 g/mol. The van der Waals surface area contributed by atoms with E-state index in [4.69, 9.17) is 5.73 Å². The van der Waals surface area contributed by atoms with E-state index in [1.165, 1.54) is 11.3 Å². The predicted octanol–water partition coefficient (Wildman–Crippen LogP) is 2.60. The number of alkyl halides is 1. The Morgan fingerprint density at radius 2 is 2.07 bits per heavy atom. The van der Waals surface area contributed by atoms with Crippen molar-refractivity contribution >= 4 is 11.3 Å². The lowest BCUT2D eigenvalue weighted by molar-refractivity contribution is 0.225. The van der Waals surface area contributed by atoms with E-state index in [1.54, 1.807) is 13.8 Å². The lowest BCUT2D eigenvalue weighted by atomic mass is 10.1. The minimum absolute atomic E-state index is 0.237. The van der Waals surface area contributed by atoms with Gasteiger partial charge >= 0.3 is 0 Å². The fourth-order valence-electron chi connectivity index (χ4n) is 1.51. The number of halogens is 1. The zero-order valence-electron chi connectivity index (χ0n) is 8.72. The average molecular weight is 214 g/mol. The smallest absolute Gasteiger partial charge is 0.141 e. The Labute approximate surface area is 87.3 Å². The van der Waals surface area contributed by atoms with Gasteiger partial charge in [-0.3, -0.25) is 0 Å². The Kier molecular flexibility index (Phi) is 1.98. The molecule has 0 spiro atoms. The fourth-order valence-corrected chi connectivity index (χ4v) is 2.73. The van der Waals surface area contributed by atoms with Gasteiger partial charge in [0.15, 0.2) is 0 Å². The maximum absolute atomic E-state index is 13.7. The molecular formula is C10H15FN2S. The van der Waals surface area contributed by atoms with Crippen LogP contribution in [0.4, 0.5) is 4.39 Å². The summed E-state index contributed by atoms with van der Waals surface area (Å²) < 4.78 is 13.7. The highest BCUT2D eigenvalue weighted by Gasteiger charge is 2.44. The molecule has 1 saturated carbocycles. The molecule has 2 nitrogen and oxygen atoms in total. The molecule has 0 unspecified atom stereocenters. The van der Waals surface area contributed by atoms with Crippen molar-refractivity contribution in [2.75, 3.05) is 0 Å². The van der Waals surface area contributed by atoms with Gasteiger partial charge in [-0.1, -0.05) is 0 Å². The highest BCUT2D eigenvalue weighted by molar-refractivity contribution is 7.12.